The van der Waals surface area contributed by atoms with Gasteiger partial charge in [-0.05, 0) is 76.4 Å². The van der Waals surface area contributed by atoms with Crippen LogP contribution in [0.1, 0.15) is 73.1 Å². The molecule has 1 saturated carbocycles. The average molecular weight is 472 g/mol. The van der Waals surface area contributed by atoms with E-state index < -0.39 is 11.4 Å². The highest BCUT2D eigenvalue weighted by molar-refractivity contribution is 7.99. The second kappa shape index (κ2) is 9.98. The molecule has 2 bridgehead atoms. The summed E-state index contributed by atoms with van der Waals surface area (Å²) in [4.78, 5) is 25.7. The number of rotatable bonds is 8. The van der Waals surface area contributed by atoms with Crippen LogP contribution in [0.3, 0.4) is 0 Å². The molecule has 0 N–H and O–H groups in total. The molecular weight excluding hydrogens is 430 g/mol. The molecule has 1 amide bonds. The smallest absolute Gasteiger partial charge is 0.409 e. The lowest BCUT2D eigenvalue weighted by Crippen LogP contribution is -2.70. The van der Waals surface area contributed by atoms with Crippen LogP contribution in [0.2, 0.25) is 0 Å². The van der Waals surface area contributed by atoms with Crippen LogP contribution >= 0.6 is 11.8 Å². The topological polar surface area (TPSA) is 66.5 Å². The van der Waals surface area contributed by atoms with Gasteiger partial charge in [-0.15, -0.1) is 11.8 Å². The maximum atomic E-state index is 11.9. The molecule has 8 atom stereocenters. The highest BCUT2D eigenvalue weighted by Crippen LogP contribution is 2.61. The fourth-order valence-corrected chi connectivity index (χ4v) is 7.47. The first-order valence-electron chi connectivity index (χ1n) is 12.6. The Bertz CT molecular complexity index is 662. The number of hydrogen-bond acceptors (Lipinski definition) is 7. The molecule has 4 saturated heterocycles. The number of fused-ring (bicyclic) bond motifs is 2. The SMILES string of the molecule is CCN(CC)C(=O)OCCCCS[C@@H]1O[C@@H]2OC3(C)CC[C@H]4[C@H](C)CC[C@@H]([C@H]1C)[C@@]24OO3. The molecule has 1 unspecified atom stereocenters. The molecule has 0 radical (unpaired) electrons. The number of hydrogen-bond donors (Lipinski definition) is 0. The Morgan fingerprint density at radius 2 is 1.88 bits per heavy atom. The van der Waals surface area contributed by atoms with Gasteiger partial charge >= 0.3 is 6.09 Å². The summed E-state index contributed by atoms with van der Waals surface area (Å²) in [6.45, 7) is 12.4. The van der Waals surface area contributed by atoms with Gasteiger partial charge in [-0.25, -0.2) is 14.6 Å². The van der Waals surface area contributed by atoms with Gasteiger partial charge in [-0.1, -0.05) is 13.8 Å². The van der Waals surface area contributed by atoms with Gasteiger partial charge in [-0.2, -0.15) is 0 Å². The lowest BCUT2D eigenvalue weighted by Gasteiger charge is -2.60. The summed E-state index contributed by atoms with van der Waals surface area (Å²) in [7, 11) is 0. The second-order valence-electron chi connectivity index (χ2n) is 10.1. The van der Waals surface area contributed by atoms with E-state index in [-0.39, 0.29) is 17.8 Å². The van der Waals surface area contributed by atoms with Gasteiger partial charge in [-0.3, -0.25) is 0 Å². The van der Waals surface area contributed by atoms with Crippen molar-refractivity contribution in [3.63, 3.8) is 0 Å². The largest absolute Gasteiger partial charge is 0.449 e. The molecule has 0 aromatic heterocycles. The van der Waals surface area contributed by atoms with Crippen molar-refractivity contribution in [3.8, 4) is 0 Å². The van der Waals surface area contributed by atoms with Crippen molar-refractivity contribution >= 4 is 17.9 Å². The molecule has 4 aliphatic heterocycles. The number of carbonyl (C=O) groups is 1. The predicted octanol–water partition coefficient (Wildman–Crippen LogP) is 5.19. The van der Waals surface area contributed by atoms with Crippen LogP contribution < -0.4 is 0 Å². The minimum atomic E-state index is -0.720. The van der Waals surface area contributed by atoms with Crippen molar-refractivity contribution in [1.29, 1.82) is 0 Å². The van der Waals surface area contributed by atoms with Crippen molar-refractivity contribution in [2.24, 2.45) is 23.7 Å². The highest BCUT2D eigenvalue weighted by Gasteiger charge is 2.69. The third kappa shape index (κ3) is 4.42. The Morgan fingerprint density at radius 1 is 1.09 bits per heavy atom. The van der Waals surface area contributed by atoms with Crippen LogP contribution in [0.15, 0.2) is 0 Å². The van der Waals surface area contributed by atoms with Crippen LogP contribution in [0.5, 0.6) is 0 Å². The molecule has 0 aromatic carbocycles. The fourth-order valence-electron chi connectivity index (χ4n) is 6.20. The van der Waals surface area contributed by atoms with E-state index in [9.17, 15) is 4.79 Å². The molecule has 0 aromatic rings. The number of thioether (sulfide) groups is 1. The van der Waals surface area contributed by atoms with Gasteiger partial charge < -0.3 is 19.1 Å². The number of nitrogens with zero attached hydrogens (tertiary/aromatic N) is 1. The normalized spacial score (nSPS) is 42.8. The van der Waals surface area contributed by atoms with Gasteiger partial charge in [0.1, 0.15) is 5.44 Å². The van der Waals surface area contributed by atoms with E-state index in [0.29, 0.717) is 43.4 Å². The number of unbranched alkanes of at least 4 members (excludes halogenated alkanes) is 1. The van der Waals surface area contributed by atoms with Crippen molar-refractivity contribution in [1.82, 2.24) is 4.90 Å². The Hall–Kier alpha value is -0.540. The van der Waals surface area contributed by atoms with Gasteiger partial charge in [0.2, 0.25) is 5.79 Å². The Labute approximate surface area is 197 Å². The molecule has 7 nitrogen and oxygen atoms in total. The molecule has 5 rings (SSSR count). The molecule has 4 heterocycles. The average Bonchev–Trinajstić information content (AvgIpc) is 3.00. The monoisotopic (exact) mass is 471 g/mol. The molecule has 184 valence electrons. The van der Waals surface area contributed by atoms with Crippen LogP contribution in [0, 0.1) is 23.7 Å². The molecule has 1 aliphatic carbocycles. The molecule has 1 spiro atoms. The zero-order chi connectivity index (χ0) is 22.9. The van der Waals surface area contributed by atoms with E-state index in [1.54, 1.807) is 4.90 Å². The maximum absolute atomic E-state index is 11.9. The summed E-state index contributed by atoms with van der Waals surface area (Å²) in [5.74, 6) is 1.98. The Kier molecular flexibility index (Phi) is 7.67. The summed E-state index contributed by atoms with van der Waals surface area (Å²) >= 11 is 1.86. The first-order chi connectivity index (χ1) is 15.3. The third-order valence-electron chi connectivity index (χ3n) is 8.17. The van der Waals surface area contributed by atoms with Crippen LogP contribution in [-0.2, 0) is 24.0 Å². The fraction of sp³-hybridized carbons (Fsp3) is 0.958. The van der Waals surface area contributed by atoms with Gasteiger partial charge in [0.15, 0.2) is 11.9 Å². The summed E-state index contributed by atoms with van der Waals surface area (Å²) in [6, 6.07) is 0. The maximum Gasteiger partial charge on any atom is 0.409 e. The van der Waals surface area contributed by atoms with E-state index in [1.807, 2.05) is 32.5 Å². The van der Waals surface area contributed by atoms with Crippen LogP contribution in [0.4, 0.5) is 4.79 Å². The van der Waals surface area contributed by atoms with Crippen molar-refractivity contribution < 1.29 is 28.8 Å². The predicted molar refractivity (Wildman–Crippen MR) is 123 cm³/mol. The Morgan fingerprint density at radius 3 is 2.62 bits per heavy atom. The second-order valence-corrected chi connectivity index (χ2v) is 11.3. The lowest BCUT2D eigenvalue weighted by molar-refractivity contribution is -0.568. The molecular formula is C24H41NO6S. The van der Waals surface area contributed by atoms with E-state index in [4.69, 9.17) is 24.0 Å². The van der Waals surface area contributed by atoms with Crippen molar-refractivity contribution in [3.05, 3.63) is 0 Å². The van der Waals surface area contributed by atoms with E-state index in [0.717, 1.165) is 37.9 Å². The van der Waals surface area contributed by atoms with Crippen molar-refractivity contribution in [2.75, 3.05) is 25.4 Å². The molecule has 5 aliphatic rings. The van der Waals surface area contributed by atoms with Crippen molar-refractivity contribution in [2.45, 2.75) is 96.3 Å². The third-order valence-corrected chi connectivity index (χ3v) is 9.56. The zero-order valence-electron chi connectivity index (χ0n) is 20.3. The number of amides is 1. The summed E-state index contributed by atoms with van der Waals surface area (Å²) in [6.07, 6.45) is 5.52. The summed E-state index contributed by atoms with van der Waals surface area (Å²) in [5.41, 5.74) is -0.405. The molecule has 8 heteroatoms. The van der Waals surface area contributed by atoms with E-state index >= 15 is 0 Å². The first-order valence-corrected chi connectivity index (χ1v) is 13.6. The quantitative estimate of drug-likeness (QED) is 0.357. The first kappa shape index (κ1) is 24.6. The summed E-state index contributed by atoms with van der Waals surface area (Å²) < 4.78 is 18.4. The zero-order valence-corrected chi connectivity index (χ0v) is 21.2. The van der Waals surface area contributed by atoms with E-state index in [1.165, 1.54) is 6.42 Å². The number of ether oxygens (including phenoxy) is 3. The van der Waals surface area contributed by atoms with Crippen LogP contribution in [-0.4, -0.2) is 59.6 Å². The minimum Gasteiger partial charge on any atom is -0.449 e. The molecule has 32 heavy (non-hydrogen) atoms. The lowest BCUT2D eigenvalue weighted by atomic mass is 9.58. The number of carbonyl (C=O) groups excluding carboxylic acids is 1. The van der Waals surface area contributed by atoms with E-state index in [2.05, 4.69) is 13.8 Å². The highest BCUT2D eigenvalue weighted by atomic mass is 32.2. The minimum absolute atomic E-state index is 0.0782. The van der Waals surface area contributed by atoms with Gasteiger partial charge in [0, 0.05) is 25.4 Å². The molecule has 5 fully saturated rings. The van der Waals surface area contributed by atoms with Crippen LogP contribution in [0.25, 0.3) is 0 Å². The standard InChI is InChI=1S/C24H41NO6S/c1-6-25(7-2)22(26)27-14-8-9-15-32-20-17(4)19-11-10-16(3)18-12-13-23(5)29-21(28-20)24(18,19)31-30-23/h16-21H,6-15H2,1-5H3/t16-,17-,18+,19+,20+,21-,23?,24-/m1/s1. The Balaban J connectivity index is 1.31. The summed E-state index contributed by atoms with van der Waals surface area (Å²) in [5, 5.41) is 0. The van der Waals surface area contributed by atoms with Gasteiger partial charge in [0.25, 0.3) is 0 Å². The van der Waals surface area contributed by atoms with Gasteiger partial charge in [0.05, 0.1) is 6.61 Å².